The van der Waals surface area contributed by atoms with E-state index < -0.39 is 18.4 Å². The van der Waals surface area contributed by atoms with Crippen LogP contribution in [-0.4, -0.2) is 43.6 Å². The lowest BCUT2D eigenvalue weighted by atomic mass is 10.1. The van der Waals surface area contributed by atoms with Gasteiger partial charge in [-0.2, -0.15) is 0 Å². The average molecular weight is 401 g/mol. The van der Waals surface area contributed by atoms with Crippen LogP contribution >= 0.6 is 0 Å². The molecule has 0 saturated heterocycles. The van der Waals surface area contributed by atoms with Crippen LogP contribution in [0.25, 0.3) is 0 Å². The maximum Gasteiger partial charge on any atom is 0.306 e. The van der Waals surface area contributed by atoms with E-state index in [-0.39, 0.29) is 29.3 Å². The summed E-state index contributed by atoms with van der Waals surface area (Å²) in [5.41, 5.74) is 1.15. The van der Waals surface area contributed by atoms with Gasteiger partial charge in [0.2, 0.25) is 5.91 Å². The topological polar surface area (TPSA) is 111 Å². The van der Waals surface area contributed by atoms with E-state index in [4.69, 9.17) is 14.2 Å². The van der Waals surface area contributed by atoms with Gasteiger partial charge in [-0.05, 0) is 42.3 Å². The van der Waals surface area contributed by atoms with Crippen LogP contribution in [0.5, 0.6) is 17.2 Å². The zero-order valence-electron chi connectivity index (χ0n) is 16.5. The fourth-order valence-corrected chi connectivity index (χ4v) is 2.56. The number of esters is 1. The fraction of sp³-hybridized carbons (Fsp3) is 0.286. The molecule has 0 atom stereocenters. The van der Waals surface area contributed by atoms with Crippen molar-refractivity contribution in [1.82, 2.24) is 0 Å². The number of phenols is 1. The fourth-order valence-electron chi connectivity index (χ4n) is 2.56. The molecule has 0 aliphatic rings. The Kier molecular flexibility index (Phi) is 7.59. The zero-order valence-corrected chi connectivity index (χ0v) is 16.5. The van der Waals surface area contributed by atoms with Gasteiger partial charge in [0.1, 0.15) is 17.2 Å². The van der Waals surface area contributed by atoms with E-state index in [1.165, 1.54) is 25.1 Å². The number of carbonyl (C=O) groups excluding carboxylic acids is 3. The van der Waals surface area contributed by atoms with Crippen LogP contribution in [0.4, 0.5) is 5.69 Å². The standard InChI is InChI=1S/C21H23NO7/c1-13(23)22-18-10-15(5-6-19(18)24)20(25)12-29-21(26)7-4-14-8-16(27-2)11-17(9-14)28-3/h5-6,8-11,24H,4,7,12H2,1-3H3,(H,22,23). The lowest BCUT2D eigenvalue weighted by Gasteiger charge is -2.09. The van der Waals surface area contributed by atoms with Crippen LogP contribution in [0.3, 0.4) is 0 Å². The van der Waals surface area contributed by atoms with E-state index in [1.54, 1.807) is 32.4 Å². The summed E-state index contributed by atoms with van der Waals surface area (Å²) in [5, 5.41) is 12.1. The number of aryl methyl sites for hydroxylation is 1. The largest absolute Gasteiger partial charge is 0.506 e. The summed E-state index contributed by atoms with van der Waals surface area (Å²) in [4.78, 5) is 35.4. The molecule has 29 heavy (non-hydrogen) atoms. The first kappa shape index (κ1) is 21.7. The number of methoxy groups -OCH3 is 2. The minimum absolute atomic E-state index is 0.0797. The second-order valence-electron chi connectivity index (χ2n) is 6.22. The molecule has 0 aromatic heterocycles. The van der Waals surface area contributed by atoms with E-state index in [9.17, 15) is 19.5 Å². The van der Waals surface area contributed by atoms with Crippen LogP contribution < -0.4 is 14.8 Å². The van der Waals surface area contributed by atoms with Crippen molar-refractivity contribution in [2.45, 2.75) is 19.8 Å². The van der Waals surface area contributed by atoms with E-state index in [0.717, 1.165) is 5.56 Å². The van der Waals surface area contributed by atoms with Crippen molar-refractivity contribution in [3.05, 3.63) is 47.5 Å². The molecule has 2 aromatic rings. The van der Waals surface area contributed by atoms with E-state index in [2.05, 4.69) is 5.32 Å². The molecule has 2 aromatic carbocycles. The summed E-state index contributed by atoms with van der Waals surface area (Å²) in [5.74, 6) is -0.294. The van der Waals surface area contributed by atoms with Crippen LogP contribution in [-0.2, 0) is 20.7 Å². The first-order chi connectivity index (χ1) is 13.8. The SMILES string of the molecule is COc1cc(CCC(=O)OCC(=O)c2ccc(O)c(NC(C)=O)c2)cc(OC)c1. The maximum atomic E-state index is 12.2. The normalized spacial score (nSPS) is 10.2. The Bertz CT molecular complexity index is 886. The Morgan fingerprint density at radius 2 is 1.66 bits per heavy atom. The highest BCUT2D eigenvalue weighted by Gasteiger charge is 2.13. The van der Waals surface area contributed by atoms with Crippen molar-refractivity contribution in [3.8, 4) is 17.2 Å². The van der Waals surface area contributed by atoms with Gasteiger partial charge in [0.05, 0.1) is 19.9 Å². The Hall–Kier alpha value is -3.55. The number of hydrogen-bond donors (Lipinski definition) is 2. The number of hydrogen-bond acceptors (Lipinski definition) is 7. The van der Waals surface area contributed by atoms with E-state index in [1.807, 2.05) is 0 Å². The predicted molar refractivity (Wildman–Crippen MR) is 106 cm³/mol. The van der Waals surface area contributed by atoms with Crippen molar-refractivity contribution >= 4 is 23.3 Å². The number of aromatic hydroxyl groups is 1. The summed E-state index contributed by atoms with van der Waals surface area (Å²) in [7, 11) is 3.08. The quantitative estimate of drug-likeness (QED) is 0.377. The highest BCUT2D eigenvalue weighted by molar-refractivity contribution is 6.00. The molecule has 0 fully saturated rings. The average Bonchev–Trinajstić information content (AvgIpc) is 2.71. The van der Waals surface area contributed by atoms with Crippen LogP contribution in [0.15, 0.2) is 36.4 Å². The molecular formula is C21H23NO7. The monoisotopic (exact) mass is 401 g/mol. The van der Waals surface area contributed by atoms with Crippen molar-refractivity contribution < 1.29 is 33.7 Å². The number of rotatable bonds is 9. The number of carbonyl (C=O) groups is 3. The first-order valence-corrected chi connectivity index (χ1v) is 8.83. The number of amides is 1. The van der Waals surface area contributed by atoms with Crippen molar-refractivity contribution in [2.24, 2.45) is 0 Å². The first-order valence-electron chi connectivity index (χ1n) is 8.83. The van der Waals surface area contributed by atoms with Crippen molar-refractivity contribution in [2.75, 3.05) is 26.1 Å². The molecule has 0 heterocycles. The molecule has 0 saturated carbocycles. The third kappa shape index (κ3) is 6.53. The number of Topliss-reactive ketones (excluding diaryl/α,β-unsaturated/α-hetero) is 1. The Morgan fingerprint density at radius 3 is 2.24 bits per heavy atom. The molecule has 0 aliphatic heterocycles. The van der Waals surface area contributed by atoms with Crippen molar-refractivity contribution in [3.63, 3.8) is 0 Å². The highest BCUT2D eigenvalue weighted by Crippen LogP contribution is 2.25. The molecule has 0 radical (unpaired) electrons. The number of benzene rings is 2. The molecule has 2 N–H and O–H groups in total. The summed E-state index contributed by atoms with van der Waals surface area (Å²) >= 11 is 0. The van der Waals surface area contributed by atoms with Gasteiger partial charge in [-0.1, -0.05) is 0 Å². The number of ether oxygens (including phenoxy) is 3. The second-order valence-corrected chi connectivity index (χ2v) is 6.22. The lowest BCUT2D eigenvalue weighted by molar-refractivity contribution is -0.142. The van der Waals surface area contributed by atoms with Gasteiger partial charge in [-0.25, -0.2) is 0 Å². The highest BCUT2D eigenvalue weighted by atomic mass is 16.5. The number of anilines is 1. The van der Waals surface area contributed by atoms with Gasteiger partial charge >= 0.3 is 5.97 Å². The summed E-state index contributed by atoms with van der Waals surface area (Å²) < 4.78 is 15.4. The Labute approximate surface area is 168 Å². The third-order valence-corrected chi connectivity index (χ3v) is 4.02. The van der Waals surface area contributed by atoms with Crippen LogP contribution in [0.2, 0.25) is 0 Å². The third-order valence-electron chi connectivity index (χ3n) is 4.02. The summed E-state index contributed by atoms with van der Waals surface area (Å²) in [6, 6.07) is 9.32. The van der Waals surface area contributed by atoms with Crippen LogP contribution in [0, 0.1) is 0 Å². The number of ketones is 1. The number of phenolic OH excluding ortho intramolecular Hbond substituents is 1. The zero-order chi connectivity index (χ0) is 21.4. The predicted octanol–water partition coefficient (Wildman–Crippen LogP) is 2.73. The summed E-state index contributed by atoms with van der Waals surface area (Å²) in [6.07, 6.45) is 0.475. The van der Waals surface area contributed by atoms with Gasteiger partial charge < -0.3 is 24.6 Å². The van der Waals surface area contributed by atoms with Gasteiger partial charge in [-0.3, -0.25) is 14.4 Å². The van der Waals surface area contributed by atoms with E-state index in [0.29, 0.717) is 17.9 Å². The molecule has 0 unspecified atom stereocenters. The Balaban J connectivity index is 1.91. The molecule has 2 rings (SSSR count). The molecule has 154 valence electrons. The molecular weight excluding hydrogens is 378 g/mol. The smallest absolute Gasteiger partial charge is 0.306 e. The van der Waals surface area contributed by atoms with Crippen LogP contribution in [0.1, 0.15) is 29.3 Å². The van der Waals surface area contributed by atoms with Gasteiger partial charge in [0.15, 0.2) is 12.4 Å². The minimum Gasteiger partial charge on any atom is -0.506 e. The molecule has 1 amide bonds. The lowest BCUT2D eigenvalue weighted by Crippen LogP contribution is -2.15. The molecule has 0 aliphatic carbocycles. The maximum absolute atomic E-state index is 12.2. The van der Waals surface area contributed by atoms with E-state index >= 15 is 0 Å². The second kappa shape index (κ2) is 10.1. The van der Waals surface area contributed by atoms with Gasteiger partial charge in [-0.15, -0.1) is 0 Å². The van der Waals surface area contributed by atoms with Gasteiger partial charge in [0.25, 0.3) is 0 Å². The minimum atomic E-state index is -0.527. The Morgan fingerprint density at radius 1 is 1.00 bits per heavy atom. The van der Waals surface area contributed by atoms with Gasteiger partial charge in [0, 0.05) is 25.0 Å². The number of nitrogens with one attached hydrogen (secondary N) is 1. The summed E-state index contributed by atoms with van der Waals surface area (Å²) in [6.45, 7) is 0.845. The molecule has 8 heteroatoms. The van der Waals surface area contributed by atoms with Crippen molar-refractivity contribution in [1.29, 1.82) is 0 Å². The molecule has 0 bridgehead atoms. The molecule has 8 nitrogen and oxygen atoms in total. The molecule has 0 spiro atoms.